The molecule has 1 aromatic carbocycles. The summed E-state index contributed by atoms with van der Waals surface area (Å²) in [5.74, 6) is 0.337. The lowest BCUT2D eigenvalue weighted by atomic mass is 10.2. The molecule has 2 amide bonds. The van der Waals surface area contributed by atoms with Crippen LogP contribution in [0, 0.1) is 10.1 Å². The van der Waals surface area contributed by atoms with Crippen molar-refractivity contribution in [2.24, 2.45) is 0 Å². The highest BCUT2D eigenvalue weighted by Gasteiger charge is 2.37. The fourth-order valence-electron chi connectivity index (χ4n) is 2.55. The van der Waals surface area contributed by atoms with Crippen molar-refractivity contribution >= 4 is 44.1 Å². The van der Waals surface area contributed by atoms with Crippen molar-refractivity contribution in [2.45, 2.75) is 18.8 Å². The van der Waals surface area contributed by atoms with Crippen LogP contribution in [0.1, 0.15) is 17.5 Å². The maximum Gasteiger partial charge on any atom is 0.328 e. The fraction of sp³-hybridized carbons (Fsp3) is 0.400. The van der Waals surface area contributed by atoms with Gasteiger partial charge in [0, 0.05) is 24.9 Å². The summed E-state index contributed by atoms with van der Waals surface area (Å²) in [4.78, 5) is 25.1. The van der Waals surface area contributed by atoms with E-state index in [4.69, 9.17) is 4.74 Å². The van der Waals surface area contributed by atoms with Crippen LogP contribution in [0.2, 0.25) is 0 Å². The average molecular weight is 458 g/mol. The molecule has 0 spiro atoms. The van der Waals surface area contributed by atoms with E-state index in [1.807, 2.05) is 0 Å². The molecule has 1 N–H and O–H groups in total. The molecule has 0 radical (unpaired) electrons. The van der Waals surface area contributed by atoms with Gasteiger partial charge in [-0.2, -0.15) is 0 Å². The lowest BCUT2D eigenvalue weighted by Crippen LogP contribution is -2.34. The minimum atomic E-state index is -0.990. The van der Waals surface area contributed by atoms with E-state index in [1.165, 1.54) is 21.9 Å². The number of halogens is 1. The summed E-state index contributed by atoms with van der Waals surface area (Å²) in [6.07, 6.45) is -0.964. The van der Waals surface area contributed by atoms with Crippen LogP contribution in [0.25, 0.3) is 0 Å². The number of benzene rings is 1. The van der Waals surface area contributed by atoms with E-state index in [9.17, 15) is 20.0 Å². The van der Waals surface area contributed by atoms with Crippen LogP contribution in [0.5, 0.6) is 5.75 Å². The second-order valence-corrected chi connectivity index (χ2v) is 7.56. The highest BCUT2D eigenvalue weighted by molar-refractivity contribution is 9.09. The largest absolute Gasteiger partial charge is 0.483 e. The van der Waals surface area contributed by atoms with Gasteiger partial charge in [-0.3, -0.25) is 10.1 Å². The minimum absolute atomic E-state index is 0.0723. The number of rotatable bonds is 7. The number of anilines is 1. The molecular weight excluding hydrogens is 442 g/mol. The number of carbonyl (C=O) groups is 1. The summed E-state index contributed by atoms with van der Waals surface area (Å²) in [6, 6.07) is 5.53. The van der Waals surface area contributed by atoms with Gasteiger partial charge in [0.05, 0.1) is 17.5 Å². The Balaban J connectivity index is 1.82. The van der Waals surface area contributed by atoms with E-state index in [1.54, 1.807) is 19.2 Å². The van der Waals surface area contributed by atoms with Crippen molar-refractivity contribution in [2.75, 3.05) is 23.8 Å². The van der Waals surface area contributed by atoms with Crippen LogP contribution in [-0.4, -0.2) is 56.3 Å². The predicted molar refractivity (Wildman–Crippen MR) is 101 cm³/mol. The molecule has 0 aliphatic carbocycles. The second kappa shape index (κ2) is 8.15. The number of ether oxygens (including phenoxy) is 1. The zero-order valence-electron chi connectivity index (χ0n) is 14.2. The molecule has 2 heterocycles. The van der Waals surface area contributed by atoms with Crippen LogP contribution in [-0.2, 0) is 0 Å². The molecular formula is C15H16BrN5O5S. The number of amides is 2. The molecule has 0 bridgehead atoms. The number of β-amino-alcohol motifs (C(OH)–C–C–N with tert-alkyl or cyclic N) is 1. The third-order valence-electron chi connectivity index (χ3n) is 3.86. The smallest absolute Gasteiger partial charge is 0.328 e. The number of nitro benzene ring substituents is 1. The van der Waals surface area contributed by atoms with Crippen molar-refractivity contribution in [1.82, 2.24) is 15.1 Å². The van der Waals surface area contributed by atoms with Crippen LogP contribution >= 0.6 is 27.3 Å². The normalized spacial score (nSPS) is 18.0. The van der Waals surface area contributed by atoms with E-state index in [0.29, 0.717) is 22.5 Å². The molecule has 2 atom stereocenters. The van der Waals surface area contributed by atoms with Gasteiger partial charge >= 0.3 is 6.03 Å². The van der Waals surface area contributed by atoms with Gasteiger partial charge in [-0.1, -0.05) is 33.3 Å². The third kappa shape index (κ3) is 4.17. The van der Waals surface area contributed by atoms with E-state index in [2.05, 4.69) is 26.1 Å². The molecule has 2 aromatic rings. The van der Waals surface area contributed by atoms with Crippen LogP contribution in [0.4, 0.5) is 15.6 Å². The number of carbonyl (C=O) groups excluding carboxylic acids is 1. The molecule has 1 aromatic heterocycles. The molecule has 1 aliphatic rings. The number of likely N-dealkylation sites (N-methyl/N-ethyl adjacent to an activating group) is 1. The summed E-state index contributed by atoms with van der Waals surface area (Å²) < 4.78 is 5.88. The van der Waals surface area contributed by atoms with Gasteiger partial charge in [0.15, 0.2) is 17.3 Å². The number of hydrogen-bond donors (Lipinski definition) is 1. The van der Waals surface area contributed by atoms with Gasteiger partial charge in [0.25, 0.3) is 5.69 Å². The summed E-state index contributed by atoms with van der Waals surface area (Å²) >= 11 is 4.49. The number of non-ortho nitro benzene ring substituents is 1. The second-order valence-electron chi connectivity index (χ2n) is 5.78. The molecule has 1 saturated heterocycles. The van der Waals surface area contributed by atoms with E-state index in [0.717, 1.165) is 11.3 Å². The lowest BCUT2D eigenvalue weighted by molar-refractivity contribution is -0.385. The first-order valence-corrected chi connectivity index (χ1v) is 9.87. The van der Waals surface area contributed by atoms with Crippen molar-refractivity contribution < 1.29 is 19.6 Å². The first-order chi connectivity index (χ1) is 12.9. The van der Waals surface area contributed by atoms with Gasteiger partial charge in [0.1, 0.15) is 5.75 Å². The number of nitrogens with zero attached hydrogens (tertiary/aromatic N) is 5. The predicted octanol–water partition coefficient (Wildman–Crippen LogP) is 2.54. The molecule has 144 valence electrons. The van der Waals surface area contributed by atoms with Gasteiger partial charge in [-0.25, -0.2) is 9.69 Å². The quantitative estimate of drug-likeness (QED) is 0.384. The van der Waals surface area contributed by atoms with Crippen molar-refractivity contribution in [3.05, 3.63) is 39.4 Å². The third-order valence-corrected chi connectivity index (χ3v) is 5.33. The summed E-state index contributed by atoms with van der Waals surface area (Å²) in [5, 5.41) is 30.5. The number of alkyl halides is 1. The number of aliphatic hydroxyl groups is 1. The Morgan fingerprint density at radius 3 is 2.93 bits per heavy atom. The summed E-state index contributed by atoms with van der Waals surface area (Å²) in [6.45, 7) is 0.183. The highest BCUT2D eigenvalue weighted by Crippen LogP contribution is 2.33. The number of urea groups is 1. The lowest BCUT2D eigenvalue weighted by Gasteiger charge is -2.16. The van der Waals surface area contributed by atoms with Crippen molar-refractivity contribution in [1.29, 1.82) is 0 Å². The Kier molecular flexibility index (Phi) is 5.87. The maximum atomic E-state index is 12.1. The summed E-state index contributed by atoms with van der Waals surface area (Å²) in [5.41, 5.74) is -0.0723. The van der Waals surface area contributed by atoms with E-state index >= 15 is 0 Å². The minimum Gasteiger partial charge on any atom is -0.483 e. The molecule has 2 unspecified atom stereocenters. The topological polar surface area (TPSA) is 122 Å². The maximum absolute atomic E-state index is 12.1. The monoisotopic (exact) mass is 457 g/mol. The van der Waals surface area contributed by atoms with Gasteiger partial charge in [-0.05, 0) is 6.07 Å². The van der Waals surface area contributed by atoms with Gasteiger partial charge in [0.2, 0.25) is 5.13 Å². The number of aliphatic hydroxyl groups excluding tert-OH is 1. The van der Waals surface area contributed by atoms with Crippen molar-refractivity contribution in [3.8, 4) is 5.75 Å². The zero-order chi connectivity index (χ0) is 19.6. The first-order valence-electron chi connectivity index (χ1n) is 7.93. The molecule has 12 heteroatoms. The highest BCUT2D eigenvalue weighted by atomic mass is 79.9. The molecule has 3 rings (SSSR count). The Labute approximate surface area is 166 Å². The van der Waals surface area contributed by atoms with Crippen LogP contribution in [0.15, 0.2) is 24.3 Å². The fourth-order valence-corrected chi connectivity index (χ4v) is 3.91. The number of nitro groups is 1. The Morgan fingerprint density at radius 2 is 2.30 bits per heavy atom. The molecule has 27 heavy (non-hydrogen) atoms. The van der Waals surface area contributed by atoms with Gasteiger partial charge in [-0.15, -0.1) is 10.2 Å². The zero-order valence-corrected chi connectivity index (χ0v) is 16.6. The molecule has 10 nitrogen and oxygen atoms in total. The molecule has 0 saturated carbocycles. The molecule has 1 fully saturated rings. The van der Waals surface area contributed by atoms with Crippen LogP contribution in [0.3, 0.4) is 0 Å². The SMILES string of the molecule is CN1CC(O)N(c2nnc(C(CCBr)Oc3cccc([N+](=O)[O-])c3)s2)C1=O. The number of aromatic nitrogens is 2. The van der Waals surface area contributed by atoms with Crippen LogP contribution < -0.4 is 9.64 Å². The van der Waals surface area contributed by atoms with Crippen molar-refractivity contribution in [3.63, 3.8) is 0 Å². The Morgan fingerprint density at radius 1 is 1.52 bits per heavy atom. The number of hydrogen-bond acceptors (Lipinski definition) is 8. The Bertz CT molecular complexity index is 850. The summed E-state index contributed by atoms with van der Waals surface area (Å²) in [7, 11) is 1.59. The van der Waals surface area contributed by atoms with E-state index < -0.39 is 17.3 Å². The molecule has 1 aliphatic heterocycles. The average Bonchev–Trinajstić information content (AvgIpc) is 3.19. The standard InChI is InChI=1S/C15H16BrN5O5S/c1-19-8-12(22)20(15(19)23)14-18-17-13(27-14)11(5-6-16)26-10-4-2-3-9(7-10)21(24)25/h2-4,7,11-12,22H,5-6,8H2,1H3. The Hall–Kier alpha value is -2.31. The van der Waals surface area contributed by atoms with Gasteiger partial charge < -0.3 is 14.7 Å². The first kappa shape index (κ1) is 19.5. The van der Waals surface area contributed by atoms with E-state index in [-0.39, 0.29) is 23.4 Å².